The van der Waals surface area contributed by atoms with Gasteiger partial charge in [0.2, 0.25) is 0 Å². The smallest absolute Gasteiger partial charge is 0.141 e. The summed E-state index contributed by atoms with van der Waals surface area (Å²) in [6.07, 6.45) is 3.41. The summed E-state index contributed by atoms with van der Waals surface area (Å²) in [4.78, 5) is 4.21. The van der Waals surface area contributed by atoms with Gasteiger partial charge in [0.05, 0.1) is 19.7 Å². The van der Waals surface area contributed by atoms with Crippen LogP contribution in [-0.4, -0.2) is 50.0 Å². The molecule has 0 bridgehead atoms. The van der Waals surface area contributed by atoms with Crippen LogP contribution in [0.4, 0.5) is 0 Å². The third kappa shape index (κ3) is 3.34. The molecule has 0 amide bonds. The topological polar surface area (TPSA) is 82.7 Å². The second-order valence-corrected chi connectivity index (χ2v) is 3.89. The molecule has 0 aliphatic rings. The van der Waals surface area contributed by atoms with Crippen molar-refractivity contribution in [1.82, 2.24) is 35.1 Å². The number of hydrogen-bond acceptors (Lipinski definition) is 6. The van der Waals surface area contributed by atoms with Crippen molar-refractivity contribution in [2.45, 2.75) is 13.1 Å². The van der Waals surface area contributed by atoms with Crippen molar-refractivity contribution in [3.05, 3.63) is 24.0 Å². The highest BCUT2D eigenvalue weighted by atomic mass is 16.5. The number of ether oxygens (including phenoxy) is 1. The zero-order valence-corrected chi connectivity index (χ0v) is 10.6. The molecule has 8 heteroatoms. The van der Waals surface area contributed by atoms with E-state index in [9.17, 15) is 0 Å². The van der Waals surface area contributed by atoms with Crippen molar-refractivity contribution >= 4 is 0 Å². The van der Waals surface area contributed by atoms with Crippen LogP contribution in [0.5, 0.6) is 0 Å². The first-order valence-electron chi connectivity index (χ1n) is 5.71. The predicted molar refractivity (Wildman–Crippen MR) is 63.7 cm³/mol. The molecule has 2 aromatic rings. The Balaban J connectivity index is 1.91. The van der Waals surface area contributed by atoms with E-state index < -0.39 is 0 Å². The van der Waals surface area contributed by atoms with Gasteiger partial charge in [-0.25, -0.2) is 9.67 Å². The molecule has 1 N–H and O–H groups in total. The van der Waals surface area contributed by atoms with E-state index in [1.54, 1.807) is 18.1 Å². The summed E-state index contributed by atoms with van der Waals surface area (Å²) >= 11 is 0. The third-order valence-corrected chi connectivity index (χ3v) is 2.42. The molecule has 0 atom stereocenters. The lowest BCUT2D eigenvalue weighted by Crippen LogP contribution is -2.21. The number of rotatable bonds is 7. The summed E-state index contributed by atoms with van der Waals surface area (Å²) < 4.78 is 8.44. The first-order chi connectivity index (χ1) is 8.79. The van der Waals surface area contributed by atoms with E-state index in [0.717, 1.165) is 18.1 Å². The molecule has 0 saturated carbocycles. The van der Waals surface area contributed by atoms with Crippen LogP contribution in [0.1, 0.15) is 11.5 Å². The largest absolute Gasteiger partial charge is 0.383 e. The molecule has 0 radical (unpaired) electrons. The van der Waals surface area contributed by atoms with Gasteiger partial charge in [0.1, 0.15) is 17.8 Å². The molecular weight excluding hydrogens is 234 g/mol. The van der Waals surface area contributed by atoms with E-state index in [4.69, 9.17) is 4.74 Å². The summed E-state index contributed by atoms with van der Waals surface area (Å²) in [7, 11) is 3.52. The van der Waals surface area contributed by atoms with Crippen molar-refractivity contribution in [3.63, 3.8) is 0 Å². The Bertz CT molecular complexity index is 478. The minimum atomic E-state index is 0.579. The fraction of sp³-hybridized carbons (Fsp3) is 0.600. The number of hydrogen-bond donors (Lipinski definition) is 1. The molecule has 0 aromatic carbocycles. The van der Waals surface area contributed by atoms with Gasteiger partial charge in [0.25, 0.3) is 0 Å². The van der Waals surface area contributed by atoms with Gasteiger partial charge in [-0.15, -0.1) is 5.10 Å². The number of aryl methyl sites for hydroxylation is 1. The zero-order valence-electron chi connectivity index (χ0n) is 10.6. The molecule has 2 heterocycles. The molecular formula is C10H17N7O. The highest BCUT2D eigenvalue weighted by Gasteiger charge is 2.06. The lowest BCUT2D eigenvalue weighted by atomic mass is 10.4. The fourth-order valence-electron chi connectivity index (χ4n) is 1.55. The Morgan fingerprint density at radius 1 is 1.44 bits per heavy atom. The number of nitrogens with one attached hydrogen (secondary N) is 1. The van der Waals surface area contributed by atoms with Crippen LogP contribution < -0.4 is 5.32 Å². The van der Waals surface area contributed by atoms with Gasteiger partial charge < -0.3 is 10.1 Å². The van der Waals surface area contributed by atoms with E-state index >= 15 is 0 Å². The van der Waals surface area contributed by atoms with Gasteiger partial charge in [0.15, 0.2) is 0 Å². The molecule has 0 aliphatic carbocycles. The minimum absolute atomic E-state index is 0.579. The average molecular weight is 251 g/mol. The summed E-state index contributed by atoms with van der Waals surface area (Å²) in [5, 5.41) is 15.3. The maximum absolute atomic E-state index is 4.96. The van der Waals surface area contributed by atoms with E-state index in [1.807, 2.05) is 17.9 Å². The molecule has 0 aliphatic heterocycles. The monoisotopic (exact) mass is 251 g/mol. The van der Waals surface area contributed by atoms with Crippen LogP contribution in [-0.2, 0) is 24.9 Å². The molecule has 0 spiro atoms. The van der Waals surface area contributed by atoms with Crippen LogP contribution in [0.2, 0.25) is 0 Å². The molecule has 2 rings (SSSR count). The van der Waals surface area contributed by atoms with Crippen LogP contribution in [0.3, 0.4) is 0 Å². The first kappa shape index (κ1) is 12.7. The van der Waals surface area contributed by atoms with Crippen molar-refractivity contribution in [1.29, 1.82) is 0 Å². The Hall–Kier alpha value is -1.80. The number of aromatic nitrogens is 6. The van der Waals surface area contributed by atoms with Crippen molar-refractivity contribution in [2.75, 3.05) is 20.3 Å². The minimum Gasteiger partial charge on any atom is -0.383 e. The van der Waals surface area contributed by atoms with Gasteiger partial charge in [0, 0.05) is 26.9 Å². The Kier molecular flexibility index (Phi) is 4.37. The lowest BCUT2D eigenvalue weighted by Gasteiger charge is -2.05. The van der Waals surface area contributed by atoms with Gasteiger partial charge in [-0.2, -0.15) is 5.10 Å². The predicted octanol–water partition coefficient (Wildman–Crippen LogP) is -0.809. The summed E-state index contributed by atoms with van der Waals surface area (Å²) in [6, 6.07) is 0. The highest BCUT2D eigenvalue weighted by Crippen LogP contribution is 1.99. The maximum Gasteiger partial charge on any atom is 0.141 e. The Morgan fingerprint density at radius 3 is 3.06 bits per heavy atom. The van der Waals surface area contributed by atoms with E-state index in [-0.39, 0.29) is 0 Å². The fourth-order valence-corrected chi connectivity index (χ4v) is 1.55. The molecule has 18 heavy (non-hydrogen) atoms. The van der Waals surface area contributed by atoms with Crippen LogP contribution >= 0.6 is 0 Å². The number of nitrogens with zero attached hydrogens (tertiary/aromatic N) is 6. The average Bonchev–Trinajstić information content (AvgIpc) is 2.95. The molecule has 0 saturated heterocycles. The Labute approximate surface area is 105 Å². The maximum atomic E-state index is 4.96. The van der Waals surface area contributed by atoms with Crippen LogP contribution in [0, 0.1) is 0 Å². The van der Waals surface area contributed by atoms with E-state index in [2.05, 4.69) is 25.7 Å². The van der Waals surface area contributed by atoms with Crippen LogP contribution in [0.25, 0.3) is 0 Å². The van der Waals surface area contributed by atoms with Gasteiger partial charge >= 0.3 is 0 Å². The van der Waals surface area contributed by atoms with E-state index in [1.165, 1.54) is 0 Å². The summed E-state index contributed by atoms with van der Waals surface area (Å²) in [6.45, 7) is 2.70. The second-order valence-electron chi connectivity index (χ2n) is 3.89. The number of methoxy groups -OCH3 is 1. The molecule has 98 valence electrons. The summed E-state index contributed by atoms with van der Waals surface area (Å²) in [5.41, 5.74) is 0.862. The normalized spacial score (nSPS) is 11.0. The van der Waals surface area contributed by atoms with Crippen molar-refractivity contribution < 1.29 is 4.74 Å². The Morgan fingerprint density at radius 2 is 2.33 bits per heavy atom. The SMILES string of the molecule is COCCNCc1ncnn1Cc1cn(C)nn1. The zero-order chi connectivity index (χ0) is 12.8. The highest BCUT2D eigenvalue weighted by molar-refractivity contribution is 4.95. The van der Waals surface area contributed by atoms with Gasteiger partial charge in [-0.1, -0.05) is 5.21 Å². The molecule has 0 unspecified atom stereocenters. The second kappa shape index (κ2) is 6.22. The molecule has 8 nitrogen and oxygen atoms in total. The lowest BCUT2D eigenvalue weighted by molar-refractivity contribution is 0.198. The molecule has 2 aromatic heterocycles. The quantitative estimate of drug-likeness (QED) is 0.648. The van der Waals surface area contributed by atoms with Gasteiger partial charge in [-0.3, -0.25) is 4.68 Å². The summed E-state index contributed by atoms with van der Waals surface area (Å²) in [5.74, 6) is 0.872. The van der Waals surface area contributed by atoms with Crippen LogP contribution in [0.15, 0.2) is 12.5 Å². The van der Waals surface area contributed by atoms with Crippen molar-refractivity contribution in [3.8, 4) is 0 Å². The first-order valence-corrected chi connectivity index (χ1v) is 5.71. The molecule has 0 fully saturated rings. The standard InChI is InChI=1S/C10H17N7O/c1-16-6-9(14-15-16)7-17-10(12-8-13-17)5-11-3-4-18-2/h6,8,11H,3-5,7H2,1-2H3. The van der Waals surface area contributed by atoms with E-state index in [0.29, 0.717) is 19.7 Å². The van der Waals surface area contributed by atoms with Gasteiger partial charge in [-0.05, 0) is 0 Å². The van der Waals surface area contributed by atoms with Crippen molar-refractivity contribution in [2.24, 2.45) is 7.05 Å². The third-order valence-electron chi connectivity index (χ3n) is 2.42.